The molecular weight excluding hydrogens is 166 g/mol. The normalized spacial score (nSPS) is 14.8. The Kier molecular flexibility index (Phi) is 3.46. The fourth-order valence-corrected chi connectivity index (χ4v) is 0.833. The minimum atomic E-state index is -1.71. The van der Waals surface area contributed by atoms with Crippen LogP contribution in [0.1, 0.15) is 26.7 Å². The van der Waals surface area contributed by atoms with Crippen LogP contribution in [0.3, 0.4) is 0 Å². The van der Waals surface area contributed by atoms with Gasteiger partial charge < -0.3 is 5.11 Å². The van der Waals surface area contributed by atoms with Gasteiger partial charge in [0.2, 0.25) is 5.60 Å². The van der Waals surface area contributed by atoms with Crippen LogP contribution in [0, 0.1) is 10.1 Å². The highest BCUT2D eigenvalue weighted by molar-refractivity contribution is 5.76. The van der Waals surface area contributed by atoms with Crippen molar-refractivity contribution in [3.8, 4) is 0 Å². The van der Waals surface area contributed by atoms with Gasteiger partial charge in [-0.3, -0.25) is 4.84 Å². The van der Waals surface area contributed by atoms with Gasteiger partial charge in [-0.2, -0.15) is 0 Å². The highest BCUT2D eigenvalue weighted by Crippen LogP contribution is 2.17. The molecule has 6 heteroatoms. The van der Waals surface area contributed by atoms with Crippen molar-refractivity contribution in [2.75, 3.05) is 0 Å². The van der Waals surface area contributed by atoms with Crippen LogP contribution in [0.5, 0.6) is 0 Å². The largest absolute Gasteiger partial charge is 0.479 e. The second-order valence-corrected chi connectivity index (χ2v) is 2.60. The van der Waals surface area contributed by atoms with Crippen LogP contribution in [0.25, 0.3) is 0 Å². The summed E-state index contributed by atoms with van der Waals surface area (Å²) >= 11 is 0. The SMILES string of the molecule is CCCC(C)(O[N+](=O)[O-])C(=O)O. The standard InChI is InChI=1S/C6H11NO5/c1-3-4-6(2,5(8)9)12-7(10)11/h3-4H2,1-2H3,(H,8,9). The first kappa shape index (κ1) is 10.7. The summed E-state index contributed by atoms with van der Waals surface area (Å²) in [7, 11) is 0. The smallest absolute Gasteiger partial charge is 0.335 e. The van der Waals surface area contributed by atoms with Crippen LogP contribution >= 0.6 is 0 Å². The Morgan fingerprint density at radius 3 is 2.50 bits per heavy atom. The Labute approximate surface area is 69.2 Å². The number of hydrogen-bond donors (Lipinski definition) is 1. The molecule has 0 fully saturated rings. The molecule has 1 atom stereocenters. The van der Waals surface area contributed by atoms with Crippen molar-refractivity contribution < 1.29 is 19.8 Å². The average Bonchev–Trinajstić information content (AvgIpc) is 1.85. The predicted molar refractivity (Wildman–Crippen MR) is 39.0 cm³/mol. The van der Waals surface area contributed by atoms with Crippen molar-refractivity contribution in [3.63, 3.8) is 0 Å². The van der Waals surface area contributed by atoms with E-state index in [0.717, 1.165) is 0 Å². The Morgan fingerprint density at radius 2 is 2.25 bits per heavy atom. The Hall–Kier alpha value is -1.33. The molecule has 0 spiro atoms. The van der Waals surface area contributed by atoms with Crippen LogP contribution in [0.15, 0.2) is 0 Å². The van der Waals surface area contributed by atoms with E-state index in [1.807, 2.05) is 0 Å². The molecule has 0 saturated carbocycles. The predicted octanol–water partition coefficient (Wildman–Crippen LogP) is 0.838. The summed E-state index contributed by atoms with van der Waals surface area (Å²) in [6.45, 7) is 2.91. The number of rotatable bonds is 5. The molecule has 70 valence electrons. The zero-order valence-electron chi connectivity index (χ0n) is 6.94. The van der Waals surface area contributed by atoms with Gasteiger partial charge in [0.05, 0.1) is 0 Å². The first-order chi connectivity index (χ1) is 5.42. The molecule has 0 amide bonds. The fourth-order valence-electron chi connectivity index (χ4n) is 0.833. The van der Waals surface area contributed by atoms with Gasteiger partial charge in [0.15, 0.2) is 0 Å². The lowest BCUT2D eigenvalue weighted by Gasteiger charge is -2.20. The third kappa shape index (κ3) is 2.73. The van der Waals surface area contributed by atoms with E-state index < -0.39 is 16.7 Å². The van der Waals surface area contributed by atoms with Gasteiger partial charge in [0, 0.05) is 0 Å². The molecule has 0 aliphatic rings. The van der Waals surface area contributed by atoms with E-state index in [1.165, 1.54) is 6.92 Å². The summed E-state index contributed by atoms with van der Waals surface area (Å²) in [5, 5.41) is 17.4. The summed E-state index contributed by atoms with van der Waals surface area (Å²) in [4.78, 5) is 24.5. The molecule has 0 heterocycles. The first-order valence-corrected chi connectivity index (χ1v) is 3.49. The molecule has 0 rings (SSSR count). The van der Waals surface area contributed by atoms with E-state index in [-0.39, 0.29) is 6.42 Å². The number of carboxylic acids is 1. The fraction of sp³-hybridized carbons (Fsp3) is 0.833. The van der Waals surface area contributed by atoms with Gasteiger partial charge in [-0.05, 0) is 13.3 Å². The van der Waals surface area contributed by atoms with Crippen LogP contribution in [0.2, 0.25) is 0 Å². The van der Waals surface area contributed by atoms with Crippen molar-refractivity contribution in [1.29, 1.82) is 0 Å². The molecule has 0 aromatic heterocycles. The van der Waals surface area contributed by atoms with E-state index in [0.29, 0.717) is 6.42 Å². The van der Waals surface area contributed by atoms with Crippen molar-refractivity contribution in [2.24, 2.45) is 0 Å². The number of hydrogen-bond acceptors (Lipinski definition) is 4. The minimum absolute atomic E-state index is 0.114. The third-order valence-electron chi connectivity index (χ3n) is 1.46. The lowest BCUT2D eigenvalue weighted by molar-refractivity contribution is -0.776. The van der Waals surface area contributed by atoms with Gasteiger partial charge in [-0.15, -0.1) is 10.1 Å². The molecule has 0 aromatic rings. The molecule has 0 bridgehead atoms. The Bertz CT molecular complexity index is 192. The van der Waals surface area contributed by atoms with Crippen molar-refractivity contribution in [3.05, 3.63) is 10.1 Å². The Balaban J connectivity index is 4.38. The van der Waals surface area contributed by atoms with Crippen LogP contribution in [-0.2, 0) is 9.63 Å². The number of carbonyl (C=O) groups is 1. The third-order valence-corrected chi connectivity index (χ3v) is 1.46. The van der Waals surface area contributed by atoms with E-state index in [2.05, 4.69) is 4.84 Å². The summed E-state index contributed by atoms with van der Waals surface area (Å²) in [5.41, 5.74) is -1.71. The summed E-state index contributed by atoms with van der Waals surface area (Å²) in [5.74, 6) is -1.32. The lowest BCUT2D eigenvalue weighted by atomic mass is 10.0. The van der Waals surface area contributed by atoms with Gasteiger partial charge in [0.25, 0.3) is 5.09 Å². The van der Waals surface area contributed by atoms with Crippen molar-refractivity contribution in [1.82, 2.24) is 0 Å². The average molecular weight is 177 g/mol. The summed E-state index contributed by atoms with van der Waals surface area (Å²) in [6, 6.07) is 0. The highest BCUT2D eigenvalue weighted by atomic mass is 17.0. The van der Waals surface area contributed by atoms with Crippen LogP contribution in [0.4, 0.5) is 0 Å². The second kappa shape index (κ2) is 3.89. The molecule has 1 N–H and O–H groups in total. The molecular formula is C6H11NO5. The minimum Gasteiger partial charge on any atom is -0.479 e. The van der Waals surface area contributed by atoms with Crippen molar-refractivity contribution in [2.45, 2.75) is 32.3 Å². The molecule has 1 unspecified atom stereocenters. The van der Waals surface area contributed by atoms with E-state index in [9.17, 15) is 14.9 Å². The number of nitrogens with zero attached hydrogens (tertiary/aromatic N) is 1. The summed E-state index contributed by atoms with van der Waals surface area (Å²) < 4.78 is 0. The summed E-state index contributed by atoms with van der Waals surface area (Å²) in [6.07, 6.45) is 0.625. The van der Waals surface area contributed by atoms with E-state index >= 15 is 0 Å². The van der Waals surface area contributed by atoms with E-state index in [1.54, 1.807) is 6.92 Å². The van der Waals surface area contributed by atoms with Gasteiger partial charge in [-0.25, -0.2) is 4.79 Å². The maximum Gasteiger partial charge on any atom is 0.335 e. The monoisotopic (exact) mass is 177 g/mol. The van der Waals surface area contributed by atoms with Gasteiger partial charge in [-0.1, -0.05) is 13.3 Å². The molecule has 6 nitrogen and oxygen atoms in total. The lowest BCUT2D eigenvalue weighted by Crippen LogP contribution is -2.40. The first-order valence-electron chi connectivity index (χ1n) is 3.49. The van der Waals surface area contributed by atoms with E-state index in [4.69, 9.17) is 5.11 Å². The topological polar surface area (TPSA) is 89.7 Å². The number of carboxylic acid groups (broad SMARTS) is 1. The Morgan fingerprint density at radius 1 is 1.75 bits per heavy atom. The zero-order valence-corrected chi connectivity index (χ0v) is 6.94. The quantitative estimate of drug-likeness (QED) is 0.496. The molecule has 12 heavy (non-hydrogen) atoms. The highest BCUT2D eigenvalue weighted by Gasteiger charge is 2.36. The van der Waals surface area contributed by atoms with Gasteiger partial charge >= 0.3 is 5.97 Å². The molecule has 0 saturated heterocycles. The van der Waals surface area contributed by atoms with Crippen molar-refractivity contribution >= 4 is 5.97 Å². The molecule has 0 radical (unpaired) electrons. The molecule has 0 aliphatic carbocycles. The van der Waals surface area contributed by atoms with Crippen LogP contribution < -0.4 is 0 Å². The van der Waals surface area contributed by atoms with Crippen LogP contribution in [-0.4, -0.2) is 21.8 Å². The van der Waals surface area contributed by atoms with Gasteiger partial charge in [0.1, 0.15) is 0 Å². The number of aliphatic carboxylic acids is 1. The maximum absolute atomic E-state index is 10.5. The molecule has 0 aromatic carbocycles. The molecule has 0 aliphatic heterocycles. The maximum atomic E-state index is 10.5. The zero-order chi connectivity index (χ0) is 9.78. The second-order valence-electron chi connectivity index (χ2n) is 2.60.